The maximum Gasteiger partial charge on any atom is 0.269 e. The summed E-state index contributed by atoms with van der Waals surface area (Å²) in [5.74, 6) is -0.160. The lowest BCUT2D eigenvalue weighted by atomic mass is 10.1. The Hall–Kier alpha value is -2.63. The Balaban J connectivity index is 1.67. The minimum Gasteiger partial charge on any atom is -0.476 e. The second-order valence-corrected chi connectivity index (χ2v) is 10.4. The van der Waals surface area contributed by atoms with E-state index in [9.17, 15) is 13.2 Å². The number of aromatic nitrogens is 2. The quantitative estimate of drug-likeness (QED) is 0.459. The Morgan fingerprint density at radius 2 is 2.00 bits per heavy atom. The summed E-state index contributed by atoms with van der Waals surface area (Å²) in [6.45, 7) is 1.71. The molecule has 11 heteroatoms. The van der Waals surface area contributed by atoms with Crippen LogP contribution in [0.5, 0.6) is 5.75 Å². The highest BCUT2D eigenvalue weighted by Crippen LogP contribution is 2.38. The average Bonchev–Trinajstić information content (AvgIpc) is 3.21. The van der Waals surface area contributed by atoms with E-state index in [0.29, 0.717) is 20.9 Å². The second kappa shape index (κ2) is 8.25. The van der Waals surface area contributed by atoms with Gasteiger partial charge in [0.1, 0.15) is 5.75 Å². The summed E-state index contributed by atoms with van der Waals surface area (Å²) in [6, 6.07) is 13.3. The highest BCUT2D eigenvalue weighted by atomic mass is 32.2. The van der Waals surface area contributed by atoms with Crippen LogP contribution in [0.1, 0.15) is 5.56 Å². The van der Waals surface area contributed by atoms with Gasteiger partial charge in [-0.1, -0.05) is 47.4 Å². The third-order valence-electron chi connectivity index (χ3n) is 4.42. The molecule has 1 atom stereocenters. The first-order valence-electron chi connectivity index (χ1n) is 8.92. The topological polar surface area (TPSA) is 101 Å². The Kier molecular flexibility index (Phi) is 5.67. The van der Waals surface area contributed by atoms with Gasteiger partial charge >= 0.3 is 0 Å². The minimum atomic E-state index is -3.89. The van der Waals surface area contributed by atoms with Crippen LogP contribution in [0.2, 0.25) is 0 Å². The molecule has 1 aliphatic heterocycles. The van der Waals surface area contributed by atoms with Crippen molar-refractivity contribution in [1.29, 1.82) is 0 Å². The van der Waals surface area contributed by atoms with E-state index in [0.717, 1.165) is 5.56 Å². The minimum absolute atomic E-state index is 0.146. The van der Waals surface area contributed by atoms with E-state index in [1.54, 1.807) is 30.3 Å². The molecule has 8 nitrogen and oxygen atoms in total. The van der Waals surface area contributed by atoms with Crippen LogP contribution in [0.4, 0.5) is 10.8 Å². The zero-order valence-corrected chi connectivity index (χ0v) is 18.6. The number of thioether (sulfide) groups is 1. The van der Waals surface area contributed by atoms with E-state index in [1.165, 1.54) is 39.5 Å². The lowest BCUT2D eigenvalue weighted by Crippen LogP contribution is -2.48. The van der Waals surface area contributed by atoms with Gasteiger partial charge in [0, 0.05) is 0 Å². The summed E-state index contributed by atoms with van der Waals surface area (Å²) >= 11 is 2.66. The van der Waals surface area contributed by atoms with Gasteiger partial charge in [-0.25, -0.2) is 8.42 Å². The molecule has 0 fully saturated rings. The van der Waals surface area contributed by atoms with Gasteiger partial charge in [0.2, 0.25) is 5.13 Å². The highest BCUT2D eigenvalue weighted by molar-refractivity contribution is 8.00. The fourth-order valence-corrected chi connectivity index (χ4v) is 5.64. The fourth-order valence-electron chi connectivity index (χ4n) is 2.97. The Morgan fingerprint density at radius 3 is 2.70 bits per heavy atom. The molecule has 2 heterocycles. The van der Waals surface area contributed by atoms with Crippen LogP contribution in [0.25, 0.3) is 0 Å². The predicted octanol–water partition coefficient (Wildman–Crippen LogP) is 3.16. The zero-order valence-electron chi connectivity index (χ0n) is 16.1. The van der Waals surface area contributed by atoms with Gasteiger partial charge in [-0.15, -0.1) is 10.2 Å². The van der Waals surface area contributed by atoms with Crippen LogP contribution < -0.4 is 14.4 Å². The predicted molar refractivity (Wildman–Crippen MR) is 117 cm³/mol. The molecule has 2 aromatic carbocycles. The number of ether oxygens (including phenoxy) is 1. The van der Waals surface area contributed by atoms with E-state index < -0.39 is 22.0 Å². The maximum atomic E-state index is 13.3. The summed E-state index contributed by atoms with van der Waals surface area (Å²) in [6.07, 6.45) is 0.821. The number of carbonyl (C=O) groups is 1. The van der Waals surface area contributed by atoms with Crippen molar-refractivity contribution in [1.82, 2.24) is 10.2 Å². The first kappa shape index (κ1) is 20.6. The van der Waals surface area contributed by atoms with E-state index >= 15 is 0 Å². The van der Waals surface area contributed by atoms with Crippen molar-refractivity contribution in [3.63, 3.8) is 0 Å². The number of nitrogens with one attached hydrogen (secondary N) is 1. The number of amides is 1. The Bertz CT molecular complexity index is 1180. The number of rotatable bonds is 5. The first-order chi connectivity index (χ1) is 14.4. The molecule has 0 bridgehead atoms. The van der Waals surface area contributed by atoms with Gasteiger partial charge in [0.15, 0.2) is 10.4 Å². The summed E-state index contributed by atoms with van der Waals surface area (Å²) in [5, 5.41) is 10.9. The van der Waals surface area contributed by atoms with E-state index in [4.69, 9.17) is 4.74 Å². The fraction of sp³-hybridized carbons (Fsp3) is 0.211. The van der Waals surface area contributed by atoms with Crippen molar-refractivity contribution in [3.8, 4) is 5.75 Å². The molecule has 0 aliphatic carbocycles. The van der Waals surface area contributed by atoms with E-state index in [2.05, 4.69) is 15.5 Å². The number of benzene rings is 2. The second-order valence-electron chi connectivity index (χ2n) is 6.49. The molecule has 1 N–H and O–H groups in total. The molecular weight excluding hydrogens is 444 g/mol. The zero-order chi connectivity index (χ0) is 21.3. The number of aryl methyl sites for hydroxylation is 1. The third-order valence-corrected chi connectivity index (χ3v) is 8.03. The molecule has 0 spiro atoms. The van der Waals surface area contributed by atoms with Gasteiger partial charge < -0.3 is 4.74 Å². The number of anilines is 2. The van der Waals surface area contributed by atoms with Crippen LogP contribution in [0.15, 0.2) is 57.8 Å². The summed E-state index contributed by atoms with van der Waals surface area (Å²) in [7, 11) is -3.89. The molecule has 0 radical (unpaired) electrons. The van der Waals surface area contributed by atoms with Crippen molar-refractivity contribution in [2.75, 3.05) is 22.4 Å². The summed E-state index contributed by atoms with van der Waals surface area (Å²) < 4.78 is 34.5. The molecule has 1 amide bonds. The molecule has 156 valence electrons. The van der Waals surface area contributed by atoms with Crippen molar-refractivity contribution in [2.45, 2.75) is 22.3 Å². The van der Waals surface area contributed by atoms with Crippen LogP contribution in [-0.4, -0.2) is 43.4 Å². The molecule has 30 heavy (non-hydrogen) atoms. The molecule has 0 unspecified atom stereocenters. The van der Waals surface area contributed by atoms with Crippen LogP contribution >= 0.6 is 23.1 Å². The molecule has 0 saturated carbocycles. The molecule has 1 aromatic heterocycles. The van der Waals surface area contributed by atoms with Gasteiger partial charge in [-0.3, -0.25) is 14.4 Å². The van der Waals surface area contributed by atoms with Gasteiger partial charge in [0.25, 0.3) is 15.9 Å². The number of hydrogen-bond acceptors (Lipinski definition) is 8. The SMILES string of the molecule is CSc1nnc(NC(=O)[C@H]2CN(S(=O)(=O)c3ccccc3)c3cc(C)ccc3O2)s1. The smallest absolute Gasteiger partial charge is 0.269 e. The van der Waals surface area contributed by atoms with Crippen molar-refractivity contribution >= 4 is 49.8 Å². The Labute approximate surface area is 182 Å². The number of fused-ring (bicyclic) bond motifs is 1. The van der Waals surface area contributed by atoms with E-state index in [1.807, 2.05) is 19.2 Å². The normalized spacial score (nSPS) is 15.9. The number of nitrogens with zero attached hydrogens (tertiary/aromatic N) is 3. The third kappa shape index (κ3) is 4.00. The maximum absolute atomic E-state index is 13.3. The number of sulfonamides is 1. The Morgan fingerprint density at radius 1 is 1.23 bits per heavy atom. The van der Waals surface area contributed by atoms with Crippen molar-refractivity contribution < 1.29 is 17.9 Å². The summed E-state index contributed by atoms with van der Waals surface area (Å²) in [4.78, 5) is 13.0. The molecule has 0 saturated heterocycles. The van der Waals surface area contributed by atoms with Crippen LogP contribution in [0.3, 0.4) is 0 Å². The molecule has 4 rings (SSSR count). The van der Waals surface area contributed by atoms with Crippen molar-refractivity contribution in [2.24, 2.45) is 0 Å². The van der Waals surface area contributed by atoms with Gasteiger partial charge in [-0.2, -0.15) is 0 Å². The lowest BCUT2D eigenvalue weighted by Gasteiger charge is -2.34. The highest BCUT2D eigenvalue weighted by Gasteiger charge is 2.37. The molecular formula is C19H18N4O4S3. The standard InChI is InChI=1S/C19H18N4O4S3/c1-12-8-9-15-14(10-12)23(30(25,26)13-6-4-3-5-7-13)11-16(27-15)17(24)20-18-21-22-19(28-2)29-18/h3-10,16H,11H2,1-2H3,(H,20,21,24)/t16-/m1/s1. The van der Waals surface area contributed by atoms with Crippen LogP contribution in [0, 0.1) is 6.92 Å². The monoisotopic (exact) mass is 462 g/mol. The van der Waals surface area contributed by atoms with E-state index in [-0.39, 0.29) is 11.4 Å². The largest absolute Gasteiger partial charge is 0.476 e. The summed E-state index contributed by atoms with van der Waals surface area (Å²) in [5.41, 5.74) is 1.29. The van der Waals surface area contributed by atoms with Crippen LogP contribution in [-0.2, 0) is 14.8 Å². The van der Waals surface area contributed by atoms with Gasteiger partial charge in [0.05, 0.1) is 17.1 Å². The number of hydrogen-bond donors (Lipinski definition) is 1. The number of carbonyl (C=O) groups excluding carboxylic acids is 1. The molecule has 1 aliphatic rings. The van der Waals surface area contributed by atoms with Gasteiger partial charge in [-0.05, 0) is 43.0 Å². The lowest BCUT2D eigenvalue weighted by molar-refractivity contribution is -0.122. The average molecular weight is 463 g/mol. The first-order valence-corrected chi connectivity index (χ1v) is 12.4. The van der Waals surface area contributed by atoms with Crippen molar-refractivity contribution in [3.05, 3.63) is 54.1 Å². The molecule has 3 aromatic rings.